The third-order valence-corrected chi connectivity index (χ3v) is 6.55. The fourth-order valence-corrected chi connectivity index (χ4v) is 4.48. The highest BCUT2D eigenvalue weighted by atomic mass is 32.2. The maximum atomic E-state index is 5.79. The lowest BCUT2D eigenvalue weighted by Gasteiger charge is -2.37. The topological polar surface area (TPSA) is 54.2 Å². The van der Waals surface area contributed by atoms with Crippen LogP contribution in [0.5, 0.6) is 0 Å². The number of hydrogen-bond donors (Lipinski definition) is 1. The molecule has 0 spiro atoms. The first-order valence-corrected chi connectivity index (χ1v) is 12.1. The van der Waals surface area contributed by atoms with E-state index in [0.29, 0.717) is 11.7 Å². The molecule has 1 aliphatic rings. The van der Waals surface area contributed by atoms with E-state index in [1.807, 2.05) is 30.3 Å². The van der Waals surface area contributed by atoms with Gasteiger partial charge in [-0.2, -0.15) is 4.98 Å². The van der Waals surface area contributed by atoms with Crippen molar-refractivity contribution in [1.82, 2.24) is 20.4 Å². The van der Waals surface area contributed by atoms with E-state index in [1.54, 1.807) is 11.8 Å². The van der Waals surface area contributed by atoms with Crippen LogP contribution in [0.4, 0.5) is 0 Å². The van der Waals surface area contributed by atoms with Crippen molar-refractivity contribution in [2.45, 2.75) is 37.6 Å². The zero-order valence-corrected chi connectivity index (χ0v) is 19.6. The van der Waals surface area contributed by atoms with Gasteiger partial charge in [-0.1, -0.05) is 48.8 Å². The van der Waals surface area contributed by atoms with E-state index in [2.05, 4.69) is 59.7 Å². The van der Waals surface area contributed by atoms with Gasteiger partial charge < -0.3 is 14.7 Å². The third-order valence-electron chi connectivity index (χ3n) is 5.47. The molecule has 3 aromatic rings. The smallest absolute Gasteiger partial charge is 0.258 e. The number of thioether (sulfide) groups is 1. The van der Waals surface area contributed by atoms with Crippen molar-refractivity contribution < 1.29 is 4.52 Å². The Morgan fingerprint density at radius 1 is 1.13 bits per heavy atom. The molecule has 2 aromatic carbocycles. The summed E-state index contributed by atoms with van der Waals surface area (Å²) in [5, 5.41) is 8.52. The summed E-state index contributed by atoms with van der Waals surface area (Å²) in [7, 11) is 0. The lowest BCUT2D eigenvalue weighted by atomic mass is 9.95. The van der Waals surface area contributed by atoms with Crippen molar-refractivity contribution in [3.8, 4) is 11.4 Å². The van der Waals surface area contributed by atoms with Gasteiger partial charge in [-0.05, 0) is 61.6 Å². The number of nitrogens with zero attached hydrogens (tertiary/aromatic N) is 3. The van der Waals surface area contributed by atoms with Crippen LogP contribution in [-0.2, 0) is 0 Å². The standard InChI is InChI=1S/C24H26N4OS2/c1-4-5-15-28-16(2)20(21(25-24(28)30)17-9-7-6-8-10-17)23-26-22(27-29-23)18-11-13-19(31-3)14-12-18/h6-14,21H,4-5,15H2,1-3H3,(H,25,30). The Morgan fingerprint density at radius 2 is 1.87 bits per heavy atom. The molecule has 2 heterocycles. The van der Waals surface area contributed by atoms with Crippen LogP contribution in [-0.4, -0.2) is 33.0 Å². The number of hydrogen-bond acceptors (Lipinski definition) is 5. The van der Waals surface area contributed by atoms with E-state index in [4.69, 9.17) is 21.7 Å². The quantitative estimate of drug-likeness (QED) is 0.354. The Kier molecular flexibility index (Phi) is 6.73. The lowest BCUT2D eigenvalue weighted by Crippen LogP contribution is -2.46. The van der Waals surface area contributed by atoms with E-state index in [0.717, 1.165) is 46.9 Å². The SMILES string of the molecule is CCCCN1C(=S)NC(c2ccccc2)C(c2nc(-c3ccc(SC)cc3)no2)=C1C. The van der Waals surface area contributed by atoms with Crippen LogP contribution in [0.3, 0.4) is 0 Å². The number of unbranched alkanes of at least 4 members (excludes halogenated alkanes) is 1. The molecule has 31 heavy (non-hydrogen) atoms. The summed E-state index contributed by atoms with van der Waals surface area (Å²) in [6, 6.07) is 18.3. The maximum absolute atomic E-state index is 5.79. The molecule has 1 atom stereocenters. The van der Waals surface area contributed by atoms with E-state index in [9.17, 15) is 0 Å². The van der Waals surface area contributed by atoms with Crippen molar-refractivity contribution in [1.29, 1.82) is 0 Å². The van der Waals surface area contributed by atoms with E-state index in [1.165, 1.54) is 4.90 Å². The predicted octanol–water partition coefficient (Wildman–Crippen LogP) is 5.92. The molecule has 0 saturated carbocycles. The van der Waals surface area contributed by atoms with Crippen LogP contribution >= 0.6 is 24.0 Å². The van der Waals surface area contributed by atoms with Crippen molar-refractivity contribution >= 4 is 34.7 Å². The molecule has 0 fully saturated rings. The van der Waals surface area contributed by atoms with E-state index in [-0.39, 0.29) is 6.04 Å². The highest BCUT2D eigenvalue weighted by molar-refractivity contribution is 7.98. The maximum Gasteiger partial charge on any atom is 0.258 e. The number of benzene rings is 2. The van der Waals surface area contributed by atoms with Gasteiger partial charge in [0.05, 0.1) is 11.6 Å². The predicted molar refractivity (Wildman–Crippen MR) is 131 cm³/mol. The second-order valence-corrected chi connectivity index (χ2v) is 8.72. The van der Waals surface area contributed by atoms with Gasteiger partial charge in [-0.25, -0.2) is 0 Å². The minimum absolute atomic E-state index is 0.140. The summed E-state index contributed by atoms with van der Waals surface area (Å²) in [4.78, 5) is 8.12. The molecule has 160 valence electrons. The van der Waals surface area contributed by atoms with Crippen molar-refractivity contribution in [3.63, 3.8) is 0 Å². The Labute approximate surface area is 192 Å². The van der Waals surface area contributed by atoms with Gasteiger partial charge in [0, 0.05) is 22.7 Å². The van der Waals surface area contributed by atoms with Gasteiger partial charge in [0.2, 0.25) is 5.82 Å². The van der Waals surface area contributed by atoms with Crippen LogP contribution in [0.15, 0.2) is 69.7 Å². The van der Waals surface area contributed by atoms with Crippen LogP contribution in [0.25, 0.3) is 17.0 Å². The molecule has 5 nitrogen and oxygen atoms in total. The molecule has 0 amide bonds. The molecule has 0 bridgehead atoms. The second kappa shape index (κ2) is 9.66. The first-order valence-electron chi connectivity index (χ1n) is 10.4. The van der Waals surface area contributed by atoms with E-state index < -0.39 is 0 Å². The number of thiocarbonyl (C=S) groups is 1. The number of allylic oxidation sites excluding steroid dienone is 1. The summed E-state index contributed by atoms with van der Waals surface area (Å²) in [5.74, 6) is 1.11. The second-order valence-electron chi connectivity index (χ2n) is 7.45. The molecule has 0 radical (unpaired) electrons. The largest absolute Gasteiger partial charge is 0.351 e. The van der Waals surface area contributed by atoms with E-state index >= 15 is 0 Å². The minimum Gasteiger partial charge on any atom is -0.351 e. The average Bonchev–Trinajstić information content (AvgIpc) is 3.29. The van der Waals surface area contributed by atoms with Gasteiger partial charge in [0.1, 0.15) is 0 Å². The van der Waals surface area contributed by atoms with Crippen molar-refractivity contribution in [2.24, 2.45) is 0 Å². The summed E-state index contributed by atoms with van der Waals surface area (Å²) < 4.78 is 5.79. The molecule has 1 aliphatic heterocycles. The molecule has 1 N–H and O–H groups in total. The Hall–Kier alpha value is -2.64. The normalized spacial score (nSPS) is 16.5. The zero-order valence-electron chi connectivity index (χ0n) is 18.0. The Bertz CT molecular complexity index is 1080. The summed E-state index contributed by atoms with van der Waals surface area (Å²) in [6.07, 6.45) is 4.21. The lowest BCUT2D eigenvalue weighted by molar-refractivity contribution is 0.395. The first-order chi connectivity index (χ1) is 15.1. The monoisotopic (exact) mass is 450 g/mol. The van der Waals surface area contributed by atoms with Crippen LogP contribution in [0, 0.1) is 0 Å². The van der Waals surface area contributed by atoms with Crippen molar-refractivity contribution in [3.05, 3.63) is 71.7 Å². The molecule has 0 aliphatic carbocycles. The van der Waals surface area contributed by atoms with Gasteiger partial charge in [-0.15, -0.1) is 11.8 Å². The number of rotatable bonds is 7. The van der Waals surface area contributed by atoms with Crippen LogP contribution in [0.2, 0.25) is 0 Å². The first kappa shape index (κ1) is 21.6. The Morgan fingerprint density at radius 3 is 2.55 bits per heavy atom. The Balaban J connectivity index is 1.76. The molecule has 1 unspecified atom stereocenters. The highest BCUT2D eigenvalue weighted by Gasteiger charge is 2.33. The number of nitrogens with one attached hydrogen (secondary N) is 1. The molecule has 4 rings (SSSR count). The minimum atomic E-state index is -0.140. The fraction of sp³-hybridized carbons (Fsp3) is 0.292. The summed E-state index contributed by atoms with van der Waals surface area (Å²) >= 11 is 7.42. The van der Waals surface area contributed by atoms with Crippen LogP contribution in [0.1, 0.15) is 44.2 Å². The van der Waals surface area contributed by atoms with Crippen LogP contribution < -0.4 is 5.32 Å². The van der Waals surface area contributed by atoms with Gasteiger partial charge in [0.25, 0.3) is 5.89 Å². The summed E-state index contributed by atoms with van der Waals surface area (Å²) in [6.45, 7) is 5.13. The van der Waals surface area contributed by atoms with Gasteiger partial charge in [0.15, 0.2) is 5.11 Å². The number of aromatic nitrogens is 2. The average molecular weight is 451 g/mol. The fourth-order valence-electron chi connectivity index (χ4n) is 3.73. The molecule has 7 heteroatoms. The molecular formula is C24H26N4OS2. The van der Waals surface area contributed by atoms with Gasteiger partial charge in [-0.3, -0.25) is 0 Å². The zero-order chi connectivity index (χ0) is 21.8. The highest BCUT2D eigenvalue weighted by Crippen LogP contribution is 2.37. The van der Waals surface area contributed by atoms with Crippen molar-refractivity contribution in [2.75, 3.05) is 12.8 Å². The molecular weight excluding hydrogens is 424 g/mol. The summed E-state index contributed by atoms with van der Waals surface area (Å²) in [5.41, 5.74) is 4.07. The molecule has 0 saturated heterocycles. The van der Waals surface area contributed by atoms with Gasteiger partial charge >= 0.3 is 0 Å². The molecule has 1 aromatic heterocycles. The third kappa shape index (κ3) is 4.52.